The van der Waals surface area contributed by atoms with Gasteiger partial charge in [0.15, 0.2) is 11.6 Å². The van der Waals surface area contributed by atoms with Crippen molar-refractivity contribution in [2.45, 2.75) is 13.8 Å². The SMILES string of the molecule is Cc1ncn(-c2ccc(-n3ncnc3C)nn2)n1. The first kappa shape index (κ1) is 10.5. The van der Waals surface area contributed by atoms with Gasteiger partial charge in [0.25, 0.3) is 0 Å². The summed E-state index contributed by atoms with van der Waals surface area (Å²) in [6.45, 7) is 3.67. The van der Waals surface area contributed by atoms with Gasteiger partial charge in [-0.1, -0.05) is 0 Å². The highest BCUT2D eigenvalue weighted by atomic mass is 15.4. The average molecular weight is 242 g/mol. The monoisotopic (exact) mass is 242 g/mol. The minimum absolute atomic E-state index is 0.608. The molecule has 3 aromatic heterocycles. The summed E-state index contributed by atoms with van der Waals surface area (Å²) in [5.41, 5.74) is 0. The molecule has 0 amide bonds. The minimum atomic E-state index is 0.608. The Labute approximate surface area is 102 Å². The molecular weight excluding hydrogens is 232 g/mol. The first-order valence-electron chi connectivity index (χ1n) is 5.33. The van der Waals surface area contributed by atoms with Crippen molar-refractivity contribution in [3.63, 3.8) is 0 Å². The van der Waals surface area contributed by atoms with Gasteiger partial charge in [0.1, 0.15) is 24.3 Å². The number of aromatic nitrogens is 8. The van der Waals surface area contributed by atoms with E-state index in [9.17, 15) is 0 Å². The van der Waals surface area contributed by atoms with E-state index < -0.39 is 0 Å². The molecule has 18 heavy (non-hydrogen) atoms. The van der Waals surface area contributed by atoms with Gasteiger partial charge in [-0.3, -0.25) is 0 Å². The Morgan fingerprint density at radius 2 is 1.78 bits per heavy atom. The summed E-state index contributed by atoms with van der Waals surface area (Å²) in [5.74, 6) is 2.67. The van der Waals surface area contributed by atoms with E-state index in [1.807, 2.05) is 13.8 Å². The van der Waals surface area contributed by atoms with Gasteiger partial charge in [0.2, 0.25) is 0 Å². The molecule has 0 spiro atoms. The van der Waals surface area contributed by atoms with Crippen molar-refractivity contribution >= 4 is 0 Å². The lowest BCUT2D eigenvalue weighted by molar-refractivity contribution is 0.755. The molecule has 0 aliphatic rings. The molecule has 3 heterocycles. The topological polar surface area (TPSA) is 87.2 Å². The van der Waals surface area contributed by atoms with E-state index in [0.717, 1.165) is 5.82 Å². The molecule has 0 aromatic carbocycles. The molecule has 0 unspecified atom stereocenters. The van der Waals surface area contributed by atoms with Crippen molar-refractivity contribution in [1.82, 2.24) is 39.7 Å². The summed E-state index contributed by atoms with van der Waals surface area (Å²) in [5, 5.41) is 16.4. The molecule has 0 fully saturated rings. The molecule has 8 nitrogen and oxygen atoms in total. The fourth-order valence-corrected chi connectivity index (χ4v) is 1.53. The van der Waals surface area contributed by atoms with Crippen molar-refractivity contribution in [2.75, 3.05) is 0 Å². The highest BCUT2D eigenvalue weighted by Crippen LogP contribution is 2.06. The smallest absolute Gasteiger partial charge is 0.177 e. The van der Waals surface area contributed by atoms with Crippen molar-refractivity contribution in [3.8, 4) is 11.6 Å². The zero-order valence-corrected chi connectivity index (χ0v) is 9.89. The molecule has 0 aliphatic carbocycles. The van der Waals surface area contributed by atoms with Crippen LogP contribution in [-0.2, 0) is 0 Å². The van der Waals surface area contributed by atoms with E-state index in [0.29, 0.717) is 17.5 Å². The lowest BCUT2D eigenvalue weighted by Crippen LogP contribution is -2.06. The van der Waals surface area contributed by atoms with Crippen LogP contribution < -0.4 is 0 Å². The van der Waals surface area contributed by atoms with Crippen LogP contribution in [0.25, 0.3) is 11.6 Å². The molecule has 90 valence electrons. The van der Waals surface area contributed by atoms with Crippen LogP contribution in [0.2, 0.25) is 0 Å². The molecular formula is C10H10N8. The third kappa shape index (κ3) is 1.73. The zero-order chi connectivity index (χ0) is 12.5. The van der Waals surface area contributed by atoms with Gasteiger partial charge in [0.05, 0.1) is 0 Å². The molecule has 0 radical (unpaired) electrons. The van der Waals surface area contributed by atoms with Crippen molar-refractivity contribution in [3.05, 3.63) is 36.4 Å². The second-order valence-electron chi connectivity index (χ2n) is 3.71. The van der Waals surface area contributed by atoms with Crippen LogP contribution in [0, 0.1) is 13.8 Å². The van der Waals surface area contributed by atoms with Crippen molar-refractivity contribution in [2.24, 2.45) is 0 Å². The Bertz CT molecular complexity index is 665. The fraction of sp³-hybridized carbons (Fsp3) is 0.200. The number of hydrogen-bond donors (Lipinski definition) is 0. The third-order valence-electron chi connectivity index (χ3n) is 2.41. The Balaban J connectivity index is 1.97. The lowest BCUT2D eigenvalue weighted by Gasteiger charge is -2.02. The molecule has 0 bridgehead atoms. The van der Waals surface area contributed by atoms with Gasteiger partial charge in [-0.15, -0.1) is 10.2 Å². The highest BCUT2D eigenvalue weighted by molar-refractivity contribution is 5.27. The van der Waals surface area contributed by atoms with Gasteiger partial charge in [-0.25, -0.2) is 14.6 Å². The van der Waals surface area contributed by atoms with E-state index in [1.165, 1.54) is 6.33 Å². The maximum absolute atomic E-state index is 4.16. The fourth-order valence-electron chi connectivity index (χ4n) is 1.53. The van der Waals surface area contributed by atoms with Crippen LogP contribution in [0.4, 0.5) is 0 Å². The third-order valence-corrected chi connectivity index (χ3v) is 2.41. The zero-order valence-electron chi connectivity index (χ0n) is 9.89. The highest BCUT2D eigenvalue weighted by Gasteiger charge is 2.06. The molecule has 3 aromatic rings. The summed E-state index contributed by atoms with van der Waals surface area (Å²) in [6, 6.07) is 3.61. The average Bonchev–Trinajstić information content (AvgIpc) is 2.98. The molecule has 3 rings (SSSR count). The predicted octanol–water partition coefficient (Wildman–Crippen LogP) is 0.255. The molecule has 0 saturated carbocycles. The van der Waals surface area contributed by atoms with Crippen LogP contribution in [0.5, 0.6) is 0 Å². The minimum Gasteiger partial charge on any atom is -0.220 e. The van der Waals surface area contributed by atoms with Crippen molar-refractivity contribution < 1.29 is 0 Å². The van der Waals surface area contributed by atoms with Crippen LogP contribution >= 0.6 is 0 Å². The second-order valence-corrected chi connectivity index (χ2v) is 3.71. The van der Waals surface area contributed by atoms with Crippen molar-refractivity contribution in [1.29, 1.82) is 0 Å². The second kappa shape index (κ2) is 3.99. The number of rotatable bonds is 2. The molecule has 0 atom stereocenters. The molecule has 0 saturated heterocycles. The van der Waals surface area contributed by atoms with Gasteiger partial charge in [-0.05, 0) is 26.0 Å². The van der Waals surface area contributed by atoms with Gasteiger partial charge in [0, 0.05) is 0 Å². The molecule has 0 aliphatic heterocycles. The summed E-state index contributed by atoms with van der Waals surface area (Å²) >= 11 is 0. The number of aryl methyl sites for hydroxylation is 2. The van der Waals surface area contributed by atoms with Crippen LogP contribution in [0.15, 0.2) is 24.8 Å². The van der Waals surface area contributed by atoms with Crippen LogP contribution in [0.3, 0.4) is 0 Å². The van der Waals surface area contributed by atoms with E-state index in [4.69, 9.17) is 0 Å². The Morgan fingerprint density at radius 1 is 1.00 bits per heavy atom. The first-order chi connectivity index (χ1) is 8.74. The summed E-state index contributed by atoms with van der Waals surface area (Å²) < 4.78 is 3.18. The largest absolute Gasteiger partial charge is 0.220 e. The lowest BCUT2D eigenvalue weighted by atomic mass is 10.5. The van der Waals surface area contributed by atoms with Gasteiger partial charge < -0.3 is 0 Å². The predicted molar refractivity (Wildman–Crippen MR) is 61.3 cm³/mol. The standard InChI is InChI=1S/C10H10N8/c1-7-12-6-17(16-7)9-3-4-10(15-14-9)18-8(2)11-5-13-18/h3-6H,1-2H3. The maximum Gasteiger partial charge on any atom is 0.177 e. The quantitative estimate of drug-likeness (QED) is 0.640. The Morgan fingerprint density at radius 3 is 2.33 bits per heavy atom. The first-order valence-corrected chi connectivity index (χ1v) is 5.33. The van der Waals surface area contributed by atoms with E-state index >= 15 is 0 Å². The van der Waals surface area contributed by atoms with Gasteiger partial charge >= 0.3 is 0 Å². The van der Waals surface area contributed by atoms with E-state index in [1.54, 1.807) is 27.8 Å². The number of nitrogens with zero attached hydrogens (tertiary/aromatic N) is 8. The molecule has 0 N–H and O–H groups in total. The normalized spacial score (nSPS) is 10.8. The number of hydrogen-bond acceptors (Lipinski definition) is 6. The van der Waals surface area contributed by atoms with Crippen LogP contribution in [0.1, 0.15) is 11.6 Å². The Kier molecular flexibility index (Phi) is 2.33. The maximum atomic E-state index is 4.16. The van der Waals surface area contributed by atoms with E-state index in [2.05, 4.69) is 30.4 Å². The van der Waals surface area contributed by atoms with E-state index in [-0.39, 0.29) is 0 Å². The van der Waals surface area contributed by atoms with Crippen LogP contribution in [-0.4, -0.2) is 39.7 Å². The summed E-state index contributed by atoms with van der Waals surface area (Å²) in [6.07, 6.45) is 3.07. The molecule has 8 heteroatoms. The Hall–Kier alpha value is -2.64. The van der Waals surface area contributed by atoms with Gasteiger partial charge in [-0.2, -0.15) is 14.9 Å². The summed E-state index contributed by atoms with van der Waals surface area (Å²) in [7, 11) is 0. The summed E-state index contributed by atoms with van der Waals surface area (Å²) in [4.78, 5) is 8.07.